The third-order valence-electron chi connectivity index (χ3n) is 5.31. The molecule has 0 radical (unpaired) electrons. The Morgan fingerprint density at radius 1 is 1.06 bits per heavy atom. The van der Waals surface area contributed by atoms with E-state index in [0.717, 1.165) is 24.0 Å². The molecule has 0 fully saturated rings. The Hall–Kier alpha value is -3.35. The summed E-state index contributed by atoms with van der Waals surface area (Å²) in [7, 11) is 0. The Bertz CT molecular complexity index is 992. The van der Waals surface area contributed by atoms with E-state index in [-0.39, 0.29) is 18.2 Å². The lowest BCUT2D eigenvalue weighted by Gasteiger charge is -2.24. The quantitative estimate of drug-likeness (QED) is 0.614. The predicted octanol–water partition coefficient (Wildman–Crippen LogP) is 4.54. The summed E-state index contributed by atoms with van der Waals surface area (Å²) < 4.78 is 5.21. The first-order valence-corrected chi connectivity index (χ1v) is 10.8. The van der Waals surface area contributed by atoms with E-state index in [1.807, 2.05) is 18.2 Å². The highest BCUT2D eigenvalue weighted by Gasteiger charge is 2.21. The van der Waals surface area contributed by atoms with Crippen molar-refractivity contribution in [2.45, 2.75) is 58.6 Å². The number of nitrogens with one attached hydrogen (secondary N) is 2. The number of carbonyl (C=O) groups excluding carboxylic acids is 2. The van der Waals surface area contributed by atoms with Crippen LogP contribution in [0, 0.1) is 5.92 Å². The summed E-state index contributed by atoms with van der Waals surface area (Å²) >= 11 is 0. The summed E-state index contributed by atoms with van der Waals surface area (Å²) in [6, 6.07) is 12.8. The fraction of sp³-hybridized carbons (Fsp3) is 0.400. The van der Waals surface area contributed by atoms with Gasteiger partial charge in [0.15, 0.2) is 0 Å². The molecule has 1 unspecified atom stereocenters. The van der Waals surface area contributed by atoms with Gasteiger partial charge in [-0.15, -0.1) is 0 Å². The second kappa shape index (κ2) is 9.85. The molecule has 0 aromatic heterocycles. The van der Waals surface area contributed by atoms with Crippen LogP contribution in [0.25, 0.3) is 0 Å². The van der Waals surface area contributed by atoms with Gasteiger partial charge in [0.25, 0.3) is 5.91 Å². The van der Waals surface area contributed by atoms with Crippen molar-refractivity contribution in [1.29, 1.82) is 0 Å². The van der Waals surface area contributed by atoms with Crippen molar-refractivity contribution >= 4 is 23.7 Å². The van der Waals surface area contributed by atoms with Crippen molar-refractivity contribution in [3.05, 3.63) is 64.7 Å². The van der Waals surface area contributed by atoms with Crippen LogP contribution in [0.3, 0.4) is 0 Å². The van der Waals surface area contributed by atoms with Crippen LogP contribution in [-0.2, 0) is 28.9 Å². The monoisotopic (exact) mass is 438 g/mol. The number of alkyl carbamates (subject to hydrolysis) is 1. The second-order valence-electron chi connectivity index (χ2n) is 9.20. The number of amides is 2. The molecule has 0 aliphatic heterocycles. The fourth-order valence-electron chi connectivity index (χ4n) is 3.80. The van der Waals surface area contributed by atoms with Gasteiger partial charge in [-0.05, 0) is 86.9 Å². The number of carbonyl (C=O) groups is 3. The van der Waals surface area contributed by atoms with E-state index < -0.39 is 17.7 Å². The Labute approximate surface area is 188 Å². The average molecular weight is 439 g/mol. The lowest BCUT2D eigenvalue weighted by atomic mass is 9.82. The number of carboxylic acid groups (broad SMARTS) is 1. The number of anilines is 1. The van der Waals surface area contributed by atoms with Crippen LogP contribution in [0.1, 0.15) is 60.7 Å². The van der Waals surface area contributed by atoms with Crippen LogP contribution < -0.4 is 10.6 Å². The lowest BCUT2D eigenvalue weighted by Crippen LogP contribution is -2.32. The predicted molar refractivity (Wildman–Crippen MR) is 122 cm³/mol. The summed E-state index contributed by atoms with van der Waals surface area (Å²) in [5.74, 6) is -0.866. The largest absolute Gasteiger partial charge is 0.481 e. The van der Waals surface area contributed by atoms with Gasteiger partial charge in [-0.2, -0.15) is 0 Å². The van der Waals surface area contributed by atoms with Crippen LogP contribution >= 0.6 is 0 Å². The number of benzene rings is 2. The van der Waals surface area contributed by atoms with Gasteiger partial charge in [0.05, 0.1) is 0 Å². The Kier molecular flexibility index (Phi) is 7.18. The van der Waals surface area contributed by atoms with Gasteiger partial charge < -0.3 is 20.5 Å². The van der Waals surface area contributed by atoms with E-state index in [9.17, 15) is 14.4 Å². The summed E-state index contributed by atoms with van der Waals surface area (Å²) in [6.45, 7) is 5.71. The first kappa shape index (κ1) is 23.3. The number of carboxylic acids is 1. The van der Waals surface area contributed by atoms with Gasteiger partial charge >= 0.3 is 12.1 Å². The SMILES string of the molecule is CC(C)(C)OC(=O)NCc1ccc(C(=O)Nc2ccc3c(c2)CC(CC(=O)O)CC3)cc1. The molecule has 32 heavy (non-hydrogen) atoms. The van der Waals surface area contributed by atoms with E-state index in [1.165, 1.54) is 5.56 Å². The summed E-state index contributed by atoms with van der Waals surface area (Å²) in [4.78, 5) is 35.4. The van der Waals surface area contributed by atoms with Crippen molar-refractivity contribution < 1.29 is 24.2 Å². The minimum Gasteiger partial charge on any atom is -0.481 e. The standard InChI is InChI=1S/C25H30N2O5/c1-25(2,3)32-24(31)26-15-16-4-8-19(9-5-16)23(30)27-21-11-10-18-7-6-17(13-22(28)29)12-20(18)14-21/h4-5,8-11,14,17H,6-7,12-13,15H2,1-3H3,(H,26,31)(H,27,30)(H,28,29). The third kappa shape index (κ3) is 6.83. The smallest absolute Gasteiger partial charge is 0.407 e. The molecule has 0 saturated heterocycles. The van der Waals surface area contributed by atoms with E-state index >= 15 is 0 Å². The van der Waals surface area contributed by atoms with Crippen LogP contribution in [0.2, 0.25) is 0 Å². The maximum absolute atomic E-state index is 12.6. The molecule has 170 valence electrons. The highest BCUT2D eigenvalue weighted by Crippen LogP contribution is 2.29. The number of aryl methyl sites for hydroxylation is 1. The zero-order chi connectivity index (χ0) is 23.3. The molecule has 0 bridgehead atoms. The Morgan fingerprint density at radius 3 is 2.44 bits per heavy atom. The Morgan fingerprint density at radius 2 is 1.78 bits per heavy atom. The molecular weight excluding hydrogens is 408 g/mol. The zero-order valence-electron chi connectivity index (χ0n) is 18.7. The zero-order valence-corrected chi connectivity index (χ0v) is 18.7. The molecule has 3 N–H and O–H groups in total. The minimum absolute atomic E-state index is 0.132. The number of hydrogen-bond donors (Lipinski definition) is 3. The number of ether oxygens (including phenoxy) is 1. The van der Waals surface area contributed by atoms with Crippen molar-refractivity contribution in [3.63, 3.8) is 0 Å². The average Bonchev–Trinajstić information content (AvgIpc) is 2.70. The number of hydrogen-bond acceptors (Lipinski definition) is 4. The van der Waals surface area contributed by atoms with Gasteiger partial charge in [0.1, 0.15) is 5.60 Å². The molecule has 2 aromatic rings. The van der Waals surface area contributed by atoms with Crippen molar-refractivity contribution in [3.8, 4) is 0 Å². The molecule has 1 aliphatic carbocycles. The Balaban J connectivity index is 1.57. The lowest BCUT2D eigenvalue weighted by molar-refractivity contribution is -0.138. The molecule has 0 spiro atoms. The molecule has 2 amide bonds. The van der Waals surface area contributed by atoms with Crippen LogP contribution in [-0.4, -0.2) is 28.7 Å². The molecule has 0 heterocycles. The van der Waals surface area contributed by atoms with E-state index in [0.29, 0.717) is 24.2 Å². The molecule has 3 rings (SSSR count). The van der Waals surface area contributed by atoms with E-state index in [2.05, 4.69) is 10.6 Å². The normalized spacial score (nSPS) is 15.4. The molecule has 1 aliphatic rings. The third-order valence-corrected chi connectivity index (χ3v) is 5.31. The van der Waals surface area contributed by atoms with Crippen molar-refractivity contribution in [2.75, 3.05) is 5.32 Å². The molecule has 7 nitrogen and oxygen atoms in total. The van der Waals surface area contributed by atoms with Crippen molar-refractivity contribution in [2.24, 2.45) is 5.92 Å². The van der Waals surface area contributed by atoms with Crippen LogP contribution in [0.4, 0.5) is 10.5 Å². The van der Waals surface area contributed by atoms with Gasteiger partial charge in [0, 0.05) is 24.2 Å². The fourth-order valence-corrected chi connectivity index (χ4v) is 3.80. The van der Waals surface area contributed by atoms with Crippen LogP contribution in [0.15, 0.2) is 42.5 Å². The molecular formula is C25H30N2O5. The van der Waals surface area contributed by atoms with E-state index in [1.54, 1.807) is 45.0 Å². The number of rotatable bonds is 6. The topological polar surface area (TPSA) is 105 Å². The number of fused-ring (bicyclic) bond motifs is 1. The van der Waals surface area contributed by atoms with E-state index in [4.69, 9.17) is 9.84 Å². The first-order valence-electron chi connectivity index (χ1n) is 10.8. The summed E-state index contributed by atoms with van der Waals surface area (Å²) in [5.41, 5.74) is 3.81. The minimum atomic E-state index is -0.771. The van der Waals surface area contributed by atoms with Gasteiger partial charge in [-0.25, -0.2) is 4.79 Å². The highest BCUT2D eigenvalue weighted by molar-refractivity contribution is 6.04. The molecule has 2 aromatic carbocycles. The maximum Gasteiger partial charge on any atom is 0.407 e. The number of aliphatic carboxylic acids is 1. The molecule has 7 heteroatoms. The summed E-state index contributed by atoms with van der Waals surface area (Å²) in [6.07, 6.45) is 2.13. The van der Waals surface area contributed by atoms with Gasteiger partial charge in [-0.1, -0.05) is 18.2 Å². The maximum atomic E-state index is 12.6. The molecule has 0 saturated carbocycles. The van der Waals surface area contributed by atoms with Gasteiger partial charge in [-0.3, -0.25) is 9.59 Å². The highest BCUT2D eigenvalue weighted by atomic mass is 16.6. The molecule has 1 atom stereocenters. The summed E-state index contributed by atoms with van der Waals surface area (Å²) in [5, 5.41) is 14.7. The second-order valence-corrected chi connectivity index (χ2v) is 9.20. The first-order chi connectivity index (χ1) is 15.1. The van der Waals surface area contributed by atoms with Crippen LogP contribution in [0.5, 0.6) is 0 Å². The van der Waals surface area contributed by atoms with Gasteiger partial charge in [0.2, 0.25) is 0 Å². The van der Waals surface area contributed by atoms with Crippen molar-refractivity contribution in [1.82, 2.24) is 5.32 Å².